The molecule has 4 rings (SSSR count). The first-order chi connectivity index (χ1) is 13.6. The molecule has 1 aromatic carbocycles. The van der Waals surface area contributed by atoms with Gasteiger partial charge in [0.15, 0.2) is 5.96 Å². The fourth-order valence-electron chi connectivity index (χ4n) is 3.56. The van der Waals surface area contributed by atoms with Crippen LogP contribution in [0.4, 0.5) is 10.1 Å². The standard InChI is InChI=1S/C21H25FN6/c1-16-3-2-10-28-15-18(25-20(16)28)8-9-24-21(23)27-13-11-26(12-14-27)19-6-4-17(22)5-7-19/h2-7,10,15H,8-9,11-14H2,1H3,(H2,23,24). The maximum absolute atomic E-state index is 13.1. The van der Waals surface area contributed by atoms with Crippen LogP contribution in [0.2, 0.25) is 0 Å². The van der Waals surface area contributed by atoms with Crippen LogP contribution in [0.3, 0.4) is 0 Å². The molecule has 0 radical (unpaired) electrons. The predicted molar refractivity (Wildman–Crippen MR) is 110 cm³/mol. The van der Waals surface area contributed by atoms with Crippen molar-refractivity contribution < 1.29 is 4.39 Å². The summed E-state index contributed by atoms with van der Waals surface area (Å²) in [4.78, 5) is 13.6. The molecule has 28 heavy (non-hydrogen) atoms. The molecule has 1 aliphatic heterocycles. The van der Waals surface area contributed by atoms with Crippen molar-refractivity contribution in [2.45, 2.75) is 13.3 Å². The van der Waals surface area contributed by atoms with Gasteiger partial charge in [-0.25, -0.2) is 9.37 Å². The van der Waals surface area contributed by atoms with Crippen molar-refractivity contribution in [2.24, 2.45) is 10.7 Å². The number of aryl methyl sites for hydroxylation is 1. The SMILES string of the molecule is Cc1cccn2cc(CCN=C(N)N3CCN(c4ccc(F)cc4)CC3)nc12. The van der Waals surface area contributed by atoms with Crippen molar-refractivity contribution in [2.75, 3.05) is 37.6 Å². The number of benzene rings is 1. The van der Waals surface area contributed by atoms with E-state index < -0.39 is 0 Å². The zero-order valence-corrected chi connectivity index (χ0v) is 16.1. The van der Waals surface area contributed by atoms with E-state index in [9.17, 15) is 4.39 Å². The Labute approximate surface area is 164 Å². The molecule has 1 aliphatic rings. The third-order valence-corrected chi connectivity index (χ3v) is 5.16. The molecule has 3 aromatic rings. The molecular weight excluding hydrogens is 355 g/mol. The number of rotatable bonds is 4. The second-order valence-corrected chi connectivity index (χ2v) is 7.09. The molecule has 0 unspecified atom stereocenters. The van der Waals surface area contributed by atoms with Crippen LogP contribution in [0.5, 0.6) is 0 Å². The first-order valence-electron chi connectivity index (χ1n) is 9.59. The normalized spacial score (nSPS) is 15.4. The van der Waals surface area contributed by atoms with Crippen LogP contribution in [-0.2, 0) is 6.42 Å². The minimum atomic E-state index is -0.209. The number of aliphatic imine (C=N–C) groups is 1. The Morgan fingerprint density at radius 2 is 1.89 bits per heavy atom. The van der Waals surface area contributed by atoms with E-state index in [0.29, 0.717) is 12.5 Å². The monoisotopic (exact) mass is 380 g/mol. The minimum Gasteiger partial charge on any atom is -0.370 e. The largest absolute Gasteiger partial charge is 0.370 e. The van der Waals surface area contributed by atoms with Crippen LogP contribution in [0.1, 0.15) is 11.3 Å². The van der Waals surface area contributed by atoms with Crippen LogP contribution in [0.15, 0.2) is 53.8 Å². The Morgan fingerprint density at radius 1 is 1.14 bits per heavy atom. The first kappa shape index (κ1) is 18.3. The number of imidazole rings is 1. The zero-order valence-electron chi connectivity index (χ0n) is 16.1. The lowest BCUT2D eigenvalue weighted by atomic mass is 10.2. The molecule has 0 atom stereocenters. The van der Waals surface area contributed by atoms with Crippen LogP contribution in [0, 0.1) is 12.7 Å². The van der Waals surface area contributed by atoms with E-state index in [1.54, 1.807) is 0 Å². The van der Waals surface area contributed by atoms with Crippen LogP contribution >= 0.6 is 0 Å². The highest BCUT2D eigenvalue weighted by Crippen LogP contribution is 2.17. The summed E-state index contributed by atoms with van der Waals surface area (Å²) in [7, 11) is 0. The Morgan fingerprint density at radius 3 is 2.61 bits per heavy atom. The Bertz CT molecular complexity index is 970. The molecule has 1 saturated heterocycles. The van der Waals surface area contributed by atoms with Crippen molar-refractivity contribution in [1.82, 2.24) is 14.3 Å². The number of anilines is 1. The summed E-state index contributed by atoms with van der Waals surface area (Å²) in [5.74, 6) is 0.373. The summed E-state index contributed by atoms with van der Waals surface area (Å²) in [6, 6.07) is 10.7. The molecular formula is C21H25FN6. The number of halogens is 1. The summed E-state index contributed by atoms with van der Waals surface area (Å²) in [5, 5.41) is 0. The lowest BCUT2D eigenvalue weighted by Gasteiger charge is -2.36. The number of fused-ring (bicyclic) bond motifs is 1. The summed E-state index contributed by atoms with van der Waals surface area (Å²) >= 11 is 0. The first-order valence-corrected chi connectivity index (χ1v) is 9.59. The Balaban J connectivity index is 1.30. The fourth-order valence-corrected chi connectivity index (χ4v) is 3.56. The highest BCUT2D eigenvalue weighted by molar-refractivity contribution is 5.78. The molecule has 1 fully saturated rings. The highest BCUT2D eigenvalue weighted by Gasteiger charge is 2.18. The summed E-state index contributed by atoms with van der Waals surface area (Å²) in [6.45, 7) is 5.97. The third kappa shape index (κ3) is 3.93. The second-order valence-electron chi connectivity index (χ2n) is 7.09. The van der Waals surface area contributed by atoms with Crippen molar-refractivity contribution in [3.8, 4) is 0 Å². The number of pyridine rings is 1. The summed E-state index contributed by atoms with van der Waals surface area (Å²) < 4.78 is 15.1. The Hall–Kier alpha value is -3.09. The van der Waals surface area contributed by atoms with Crippen molar-refractivity contribution in [1.29, 1.82) is 0 Å². The molecule has 146 valence electrons. The quantitative estimate of drug-likeness (QED) is 0.558. The lowest BCUT2D eigenvalue weighted by molar-refractivity contribution is 0.381. The van der Waals surface area contributed by atoms with Crippen LogP contribution in [-0.4, -0.2) is 53.0 Å². The van der Waals surface area contributed by atoms with Gasteiger partial charge in [0.2, 0.25) is 0 Å². The van der Waals surface area contributed by atoms with Gasteiger partial charge in [-0.15, -0.1) is 0 Å². The molecule has 3 heterocycles. The summed E-state index contributed by atoms with van der Waals surface area (Å²) in [5.41, 5.74) is 10.4. The Kier molecular flexibility index (Phi) is 5.14. The van der Waals surface area contributed by atoms with Gasteiger partial charge < -0.3 is 19.9 Å². The van der Waals surface area contributed by atoms with E-state index in [4.69, 9.17) is 5.73 Å². The van der Waals surface area contributed by atoms with Gasteiger partial charge in [-0.3, -0.25) is 4.99 Å². The number of hydrogen-bond donors (Lipinski definition) is 1. The molecule has 2 aromatic heterocycles. The van der Waals surface area contributed by atoms with Gasteiger partial charge in [0, 0.05) is 57.2 Å². The molecule has 2 N–H and O–H groups in total. The van der Waals surface area contributed by atoms with E-state index in [-0.39, 0.29) is 5.82 Å². The zero-order chi connectivity index (χ0) is 19.5. The third-order valence-electron chi connectivity index (χ3n) is 5.16. The smallest absolute Gasteiger partial charge is 0.191 e. The van der Waals surface area contributed by atoms with Gasteiger partial charge in [-0.05, 0) is 42.8 Å². The molecule has 6 nitrogen and oxygen atoms in total. The number of nitrogens with zero attached hydrogens (tertiary/aromatic N) is 5. The van der Waals surface area contributed by atoms with Crippen molar-refractivity contribution >= 4 is 17.3 Å². The molecule has 7 heteroatoms. The van der Waals surface area contributed by atoms with E-state index in [1.807, 2.05) is 28.8 Å². The molecule has 0 saturated carbocycles. The lowest BCUT2D eigenvalue weighted by Crippen LogP contribution is -2.51. The highest BCUT2D eigenvalue weighted by atomic mass is 19.1. The molecule has 0 bridgehead atoms. The van der Waals surface area contributed by atoms with E-state index in [1.165, 1.54) is 12.1 Å². The van der Waals surface area contributed by atoms with Gasteiger partial charge in [0.25, 0.3) is 0 Å². The topological polar surface area (TPSA) is 62.2 Å². The average molecular weight is 380 g/mol. The van der Waals surface area contributed by atoms with E-state index in [0.717, 1.165) is 55.2 Å². The maximum atomic E-state index is 13.1. The van der Waals surface area contributed by atoms with Crippen LogP contribution in [0.25, 0.3) is 5.65 Å². The van der Waals surface area contributed by atoms with Gasteiger partial charge in [-0.2, -0.15) is 0 Å². The minimum absolute atomic E-state index is 0.209. The molecule has 0 aliphatic carbocycles. The van der Waals surface area contributed by atoms with Crippen molar-refractivity contribution in [3.05, 3.63) is 65.9 Å². The average Bonchev–Trinajstić information content (AvgIpc) is 3.13. The molecule has 0 spiro atoms. The molecule has 0 amide bonds. The second kappa shape index (κ2) is 7.88. The summed E-state index contributed by atoms with van der Waals surface area (Å²) in [6.07, 6.45) is 4.82. The number of piperazine rings is 1. The predicted octanol–water partition coefficient (Wildman–Crippen LogP) is 2.46. The maximum Gasteiger partial charge on any atom is 0.191 e. The van der Waals surface area contributed by atoms with E-state index in [2.05, 4.69) is 39.0 Å². The van der Waals surface area contributed by atoms with Gasteiger partial charge in [-0.1, -0.05) is 6.07 Å². The van der Waals surface area contributed by atoms with Crippen LogP contribution < -0.4 is 10.6 Å². The number of nitrogens with two attached hydrogens (primary N) is 1. The van der Waals surface area contributed by atoms with Gasteiger partial charge in [0.05, 0.1) is 5.69 Å². The fraction of sp³-hybridized carbons (Fsp3) is 0.333. The number of guanidine groups is 1. The van der Waals surface area contributed by atoms with Gasteiger partial charge in [0.1, 0.15) is 11.5 Å². The van der Waals surface area contributed by atoms with Gasteiger partial charge >= 0.3 is 0 Å². The number of aromatic nitrogens is 2. The van der Waals surface area contributed by atoms with Crippen molar-refractivity contribution in [3.63, 3.8) is 0 Å². The van der Waals surface area contributed by atoms with E-state index >= 15 is 0 Å². The number of hydrogen-bond acceptors (Lipinski definition) is 3.